The summed E-state index contributed by atoms with van der Waals surface area (Å²) in [5, 5.41) is 9.94. The van der Waals surface area contributed by atoms with Crippen LogP contribution >= 0.6 is 43.6 Å². The Morgan fingerprint density at radius 3 is 2.85 bits per heavy atom. The molecule has 0 saturated heterocycles. The minimum Gasteiger partial charge on any atom is -0.391 e. The van der Waals surface area contributed by atoms with Crippen molar-refractivity contribution in [2.24, 2.45) is 0 Å². The summed E-state index contributed by atoms with van der Waals surface area (Å²) in [6.45, 7) is 0. The van der Waals surface area contributed by atoms with Gasteiger partial charge >= 0.3 is 0 Å². The summed E-state index contributed by atoms with van der Waals surface area (Å²) in [5.74, 6) is 0.724. The number of rotatable bonds is 4. The van der Waals surface area contributed by atoms with Crippen LogP contribution in [0.1, 0.15) is 0 Å². The normalized spacial score (nSPS) is 12.8. The van der Waals surface area contributed by atoms with Gasteiger partial charge in [0.2, 0.25) is 0 Å². The van der Waals surface area contributed by atoms with E-state index in [1.807, 2.05) is 24.3 Å². The van der Waals surface area contributed by atoms with Crippen LogP contribution < -0.4 is 0 Å². The van der Waals surface area contributed by atoms with Crippen LogP contribution in [0, 0.1) is 0 Å². The molecule has 1 rings (SSSR count). The van der Waals surface area contributed by atoms with Crippen LogP contribution in [0.25, 0.3) is 0 Å². The highest BCUT2D eigenvalue weighted by Gasteiger charge is 2.02. The van der Waals surface area contributed by atoms with Crippen molar-refractivity contribution >= 4 is 43.6 Å². The zero-order valence-electron chi connectivity index (χ0n) is 6.91. The van der Waals surface area contributed by atoms with Gasteiger partial charge in [-0.25, -0.2) is 0 Å². The van der Waals surface area contributed by atoms with E-state index in [0.29, 0.717) is 5.33 Å². The first kappa shape index (κ1) is 11.6. The van der Waals surface area contributed by atoms with Gasteiger partial charge in [0.25, 0.3) is 0 Å². The van der Waals surface area contributed by atoms with Crippen molar-refractivity contribution in [3.8, 4) is 0 Å². The van der Waals surface area contributed by atoms with Gasteiger partial charge in [0.05, 0.1) is 6.10 Å². The average molecular weight is 326 g/mol. The molecule has 0 fully saturated rings. The molecule has 0 aliphatic rings. The maximum Gasteiger partial charge on any atom is 0.0730 e. The minimum atomic E-state index is -0.274. The molecule has 4 heteroatoms. The van der Waals surface area contributed by atoms with Gasteiger partial charge < -0.3 is 5.11 Å². The van der Waals surface area contributed by atoms with E-state index in [9.17, 15) is 5.11 Å². The lowest BCUT2D eigenvalue weighted by molar-refractivity contribution is 0.226. The summed E-state index contributed by atoms with van der Waals surface area (Å²) in [4.78, 5) is 1.18. The third-order valence-corrected chi connectivity index (χ3v) is 3.80. The van der Waals surface area contributed by atoms with Crippen molar-refractivity contribution in [1.29, 1.82) is 0 Å². The minimum absolute atomic E-state index is 0.274. The second-order valence-electron chi connectivity index (χ2n) is 2.58. The summed E-state index contributed by atoms with van der Waals surface area (Å²) in [7, 11) is 0. The molecule has 1 nitrogen and oxygen atoms in total. The van der Waals surface area contributed by atoms with Gasteiger partial charge in [-0.1, -0.05) is 37.9 Å². The van der Waals surface area contributed by atoms with Crippen LogP contribution in [0.5, 0.6) is 0 Å². The summed E-state index contributed by atoms with van der Waals surface area (Å²) in [6, 6.07) is 8.07. The first-order valence-corrected chi connectivity index (χ1v) is 6.75. The number of aliphatic hydroxyl groups is 1. The van der Waals surface area contributed by atoms with Crippen LogP contribution in [-0.2, 0) is 0 Å². The van der Waals surface area contributed by atoms with Gasteiger partial charge in [0.15, 0.2) is 0 Å². The van der Waals surface area contributed by atoms with E-state index in [1.165, 1.54) is 4.90 Å². The van der Waals surface area contributed by atoms with E-state index < -0.39 is 0 Å². The van der Waals surface area contributed by atoms with Crippen molar-refractivity contribution in [3.05, 3.63) is 28.7 Å². The lowest BCUT2D eigenvalue weighted by Crippen LogP contribution is -2.10. The Bertz CT molecular complexity index is 268. The lowest BCUT2D eigenvalue weighted by Gasteiger charge is -2.06. The van der Waals surface area contributed by atoms with Crippen molar-refractivity contribution in [3.63, 3.8) is 0 Å². The summed E-state index contributed by atoms with van der Waals surface area (Å²) in [6.07, 6.45) is -0.274. The standard InChI is InChI=1S/C9H10Br2OS/c10-5-8(12)6-13-9-3-1-2-7(11)4-9/h1-4,8,12H,5-6H2. The maximum atomic E-state index is 9.31. The van der Waals surface area contributed by atoms with E-state index in [1.54, 1.807) is 11.8 Å². The highest BCUT2D eigenvalue weighted by molar-refractivity contribution is 9.10. The highest BCUT2D eigenvalue weighted by Crippen LogP contribution is 2.22. The van der Waals surface area contributed by atoms with Crippen molar-refractivity contribution in [1.82, 2.24) is 0 Å². The molecule has 0 aliphatic carbocycles. The number of benzene rings is 1. The van der Waals surface area contributed by atoms with Gasteiger partial charge in [-0.05, 0) is 18.2 Å². The Kier molecular flexibility index (Phi) is 5.39. The number of aliphatic hydroxyl groups excluding tert-OH is 1. The fourth-order valence-corrected chi connectivity index (χ4v) is 2.76. The molecule has 1 aromatic carbocycles. The number of hydrogen-bond donors (Lipinski definition) is 1. The first-order valence-electron chi connectivity index (χ1n) is 3.85. The Hall–Kier alpha value is 0.490. The van der Waals surface area contributed by atoms with E-state index >= 15 is 0 Å². The van der Waals surface area contributed by atoms with Gasteiger partial charge in [-0.15, -0.1) is 11.8 Å². The lowest BCUT2D eigenvalue weighted by atomic mass is 10.4. The molecule has 0 bridgehead atoms. The van der Waals surface area contributed by atoms with Crippen molar-refractivity contribution in [2.45, 2.75) is 11.0 Å². The van der Waals surface area contributed by atoms with Gasteiger partial charge in [0, 0.05) is 20.5 Å². The van der Waals surface area contributed by atoms with E-state index in [4.69, 9.17) is 0 Å². The van der Waals surface area contributed by atoms with Crippen molar-refractivity contribution < 1.29 is 5.11 Å². The van der Waals surface area contributed by atoms with Crippen molar-refractivity contribution in [2.75, 3.05) is 11.1 Å². The van der Waals surface area contributed by atoms with Crippen LogP contribution in [0.3, 0.4) is 0 Å². The molecule has 0 radical (unpaired) electrons. The Morgan fingerprint density at radius 2 is 2.23 bits per heavy atom. The number of hydrogen-bond acceptors (Lipinski definition) is 2. The molecule has 1 N–H and O–H groups in total. The Morgan fingerprint density at radius 1 is 1.46 bits per heavy atom. The summed E-state index contributed by atoms with van der Waals surface area (Å²) >= 11 is 8.29. The molecule has 0 amide bonds. The molecular weight excluding hydrogens is 316 g/mol. The van der Waals surface area contributed by atoms with Gasteiger partial charge in [-0.3, -0.25) is 0 Å². The topological polar surface area (TPSA) is 20.2 Å². The van der Waals surface area contributed by atoms with E-state index in [-0.39, 0.29) is 6.10 Å². The van der Waals surface area contributed by atoms with Gasteiger partial charge in [0.1, 0.15) is 0 Å². The monoisotopic (exact) mass is 324 g/mol. The molecule has 0 aliphatic heterocycles. The molecule has 1 atom stereocenters. The molecule has 1 aromatic rings. The summed E-state index contributed by atoms with van der Waals surface area (Å²) < 4.78 is 1.07. The van der Waals surface area contributed by atoms with Crippen LogP contribution in [0.4, 0.5) is 0 Å². The van der Waals surface area contributed by atoms with E-state index in [2.05, 4.69) is 31.9 Å². The van der Waals surface area contributed by atoms with Crippen LogP contribution in [-0.4, -0.2) is 22.3 Å². The smallest absolute Gasteiger partial charge is 0.0730 e. The predicted octanol–water partition coefficient (Wildman–Crippen LogP) is 3.30. The average Bonchev–Trinajstić information content (AvgIpc) is 2.14. The molecule has 0 spiro atoms. The fourth-order valence-electron chi connectivity index (χ4n) is 0.794. The molecule has 13 heavy (non-hydrogen) atoms. The molecule has 0 saturated carbocycles. The maximum absolute atomic E-state index is 9.31. The molecule has 0 aromatic heterocycles. The quantitative estimate of drug-likeness (QED) is 0.677. The van der Waals surface area contributed by atoms with E-state index in [0.717, 1.165) is 10.2 Å². The first-order chi connectivity index (χ1) is 6.22. The molecular formula is C9H10Br2OS. The highest BCUT2D eigenvalue weighted by atomic mass is 79.9. The SMILES string of the molecule is OC(CBr)CSc1cccc(Br)c1. The Labute approximate surface area is 99.2 Å². The third-order valence-electron chi connectivity index (χ3n) is 1.42. The number of alkyl halides is 1. The largest absolute Gasteiger partial charge is 0.391 e. The Balaban J connectivity index is 2.45. The zero-order valence-corrected chi connectivity index (χ0v) is 10.9. The molecule has 1 unspecified atom stereocenters. The van der Waals surface area contributed by atoms with Crippen LogP contribution in [0.2, 0.25) is 0 Å². The van der Waals surface area contributed by atoms with Gasteiger partial charge in [-0.2, -0.15) is 0 Å². The molecule has 0 heterocycles. The summed E-state index contributed by atoms with van der Waals surface area (Å²) in [5.41, 5.74) is 0. The predicted molar refractivity (Wildman–Crippen MR) is 64.7 cm³/mol. The molecule has 72 valence electrons. The zero-order chi connectivity index (χ0) is 9.68. The van der Waals surface area contributed by atoms with Crippen LogP contribution in [0.15, 0.2) is 33.6 Å². The third kappa shape index (κ3) is 4.49. The number of halogens is 2. The second-order valence-corrected chi connectivity index (χ2v) is 5.23. The second kappa shape index (κ2) is 6.06. The number of thioether (sulfide) groups is 1. The fraction of sp³-hybridized carbons (Fsp3) is 0.333.